The molecule has 0 radical (unpaired) electrons. The first kappa shape index (κ1) is 24.7. The van der Waals surface area contributed by atoms with Crippen molar-refractivity contribution in [1.82, 2.24) is 0 Å². The third-order valence-electron chi connectivity index (χ3n) is 4.44. The second-order valence-corrected chi connectivity index (χ2v) is 8.45. The molecule has 0 saturated carbocycles. The number of nitriles is 1. The van der Waals surface area contributed by atoms with Crippen LogP contribution in [-0.4, -0.2) is 12.5 Å². The Balaban J connectivity index is 1.85. The lowest BCUT2D eigenvalue weighted by atomic mass is 10.1. The molecule has 0 spiro atoms. The number of carbonyl (C=O) groups is 1. The monoisotopic (exact) mass is 544 g/mol. The van der Waals surface area contributed by atoms with Gasteiger partial charge in [-0.3, -0.25) is 4.79 Å². The van der Waals surface area contributed by atoms with Gasteiger partial charge in [0.15, 0.2) is 11.5 Å². The number of hydrogen-bond donors (Lipinski definition) is 1. The molecule has 0 fully saturated rings. The third kappa shape index (κ3) is 6.75. The Morgan fingerprint density at radius 2 is 1.79 bits per heavy atom. The van der Waals surface area contributed by atoms with Crippen molar-refractivity contribution >= 4 is 56.8 Å². The van der Waals surface area contributed by atoms with Gasteiger partial charge in [-0.05, 0) is 54.5 Å². The van der Waals surface area contributed by atoms with Crippen molar-refractivity contribution in [3.63, 3.8) is 0 Å². The molecular weight excluding hydrogens is 527 g/mol. The van der Waals surface area contributed by atoms with E-state index in [1.165, 1.54) is 12.1 Å². The summed E-state index contributed by atoms with van der Waals surface area (Å²) in [5.74, 6) is 0.471. The van der Waals surface area contributed by atoms with Crippen molar-refractivity contribution < 1.29 is 14.3 Å². The maximum Gasteiger partial charge on any atom is 0.266 e. The average molecular weight is 546 g/mol. The highest BCUT2D eigenvalue weighted by molar-refractivity contribution is 9.10. The highest BCUT2D eigenvalue weighted by Crippen LogP contribution is 2.35. The van der Waals surface area contributed by atoms with E-state index in [0.29, 0.717) is 50.5 Å². The van der Waals surface area contributed by atoms with Gasteiger partial charge >= 0.3 is 0 Å². The lowest BCUT2D eigenvalue weighted by Gasteiger charge is -2.14. The summed E-state index contributed by atoms with van der Waals surface area (Å²) in [5.41, 5.74) is 1.94. The number of benzene rings is 3. The fourth-order valence-electron chi connectivity index (χ4n) is 2.85. The van der Waals surface area contributed by atoms with E-state index < -0.39 is 5.91 Å². The standard InChI is InChI=1S/C25H19BrCl2N2O3/c1-2-32-23-11-17(20(26)13-24(23)33-15-16-6-4-3-5-7-16)10-18(14-29)25(31)30-19-8-9-21(27)22(28)12-19/h3-13H,2,15H2,1H3,(H,30,31)/b18-10+. The first-order valence-electron chi connectivity index (χ1n) is 9.92. The molecule has 0 unspecified atom stereocenters. The van der Waals surface area contributed by atoms with Crippen molar-refractivity contribution in [1.29, 1.82) is 5.26 Å². The number of nitrogens with zero attached hydrogens (tertiary/aromatic N) is 1. The van der Waals surface area contributed by atoms with Crippen LogP contribution >= 0.6 is 39.1 Å². The number of hydrogen-bond acceptors (Lipinski definition) is 4. The first-order valence-corrected chi connectivity index (χ1v) is 11.5. The van der Waals surface area contributed by atoms with Crippen LogP contribution in [0.5, 0.6) is 11.5 Å². The van der Waals surface area contributed by atoms with Crippen molar-refractivity contribution in [2.75, 3.05) is 11.9 Å². The van der Waals surface area contributed by atoms with E-state index in [-0.39, 0.29) is 5.57 Å². The van der Waals surface area contributed by atoms with Gasteiger partial charge in [0.25, 0.3) is 5.91 Å². The number of nitrogens with one attached hydrogen (secondary N) is 1. The molecule has 1 amide bonds. The van der Waals surface area contributed by atoms with Crippen molar-refractivity contribution in [3.8, 4) is 17.6 Å². The normalized spacial score (nSPS) is 10.9. The second kappa shape index (κ2) is 11.8. The van der Waals surface area contributed by atoms with Gasteiger partial charge in [0.05, 0.1) is 16.7 Å². The zero-order valence-electron chi connectivity index (χ0n) is 17.6. The lowest BCUT2D eigenvalue weighted by molar-refractivity contribution is -0.112. The van der Waals surface area contributed by atoms with Crippen LogP contribution in [0.25, 0.3) is 6.08 Å². The number of carbonyl (C=O) groups excluding carboxylic acids is 1. The van der Waals surface area contributed by atoms with Gasteiger partial charge in [0, 0.05) is 10.2 Å². The Morgan fingerprint density at radius 1 is 1.06 bits per heavy atom. The Labute approximate surface area is 210 Å². The quantitative estimate of drug-likeness (QED) is 0.238. The summed E-state index contributed by atoms with van der Waals surface area (Å²) in [6, 6.07) is 19.9. The predicted molar refractivity (Wildman–Crippen MR) is 135 cm³/mol. The van der Waals surface area contributed by atoms with Crippen LogP contribution in [0.4, 0.5) is 5.69 Å². The predicted octanol–water partition coefficient (Wildman–Crippen LogP) is 7.28. The van der Waals surface area contributed by atoms with Gasteiger partial charge in [-0.2, -0.15) is 5.26 Å². The van der Waals surface area contributed by atoms with E-state index in [9.17, 15) is 10.1 Å². The summed E-state index contributed by atoms with van der Waals surface area (Å²) in [4.78, 5) is 12.6. The second-order valence-electron chi connectivity index (χ2n) is 6.78. The number of halogens is 3. The van der Waals surface area contributed by atoms with E-state index >= 15 is 0 Å². The van der Waals surface area contributed by atoms with Crippen LogP contribution in [0.15, 0.2) is 70.7 Å². The average Bonchev–Trinajstić information content (AvgIpc) is 2.81. The number of rotatable bonds is 8. The first-order chi connectivity index (χ1) is 15.9. The molecule has 5 nitrogen and oxygen atoms in total. The Bertz CT molecular complexity index is 1220. The van der Waals surface area contributed by atoms with Crippen LogP contribution in [0, 0.1) is 11.3 Å². The third-order valence-corrected chi connectivity index (χ3v) is 5.87. The molecule has 0 aromatic heterocycles. The van der Waals surface area contributed by atoms with E-state index in [4.69, 9.17) is 32.7 Å². The summed E-state index contributed by atoms with van der Waals surface area (Å²) in [6.07, 6.45) is 1.47. The number of amides is 1. The van der Waals surface area contributed by atoms with Crippen LogP contribution in [0.2, 0.25) is 10.0 Å². The Hall–Kier alpha value is -2.98. The van der Waals surface area contributed by atoms with Crippen LogP contribution in [0.1, 0.15) is 18.1 Å². The van der Waals surface area contributed by atoms with Crippen molar-refractivity contribution in [2.45, 2.75) is 13.5 Å². The molecule has 0 aliphatic carbocycles. The smallest absolute Gasteiger partial charge is 0.266 e. The van der Waals surface area contributed by atoms with Gasteiger partial charge in [-0.25, -0.2) is 0 Å². The molecule has 8 heteroatoms. The zero-order chi connectivity index (χ0) is 23.8. The van der Waals surface area contributed by atoms with E-state index in [1.54, 1.807) is 24.3 Å². The van der Waals surface area contributed by atoms with Gasteiger partial charge in [-0.1, -0.05) is 69.5 Å². The van der Waals surface area contributed by atoms with Crippen LogP contribution < -0.4 is 14.8 Å². The molecule has 3 aromatic carbocycles. The van der Waals surface area contributed by atoms with E-state index in [2.05, 4.69) is 21.2 Å². The number of anilines is 1. The SMILES string of the molecule is CCOc1cc(/C=C(\C#N)C(=O)Nc2ccc(Cl)c(Cl)c2)c(Br)cc1OCc1ccccc1. The molecule has 0 bridgehead atoms. The molecule has 0 aliphatic heterocycles. The minimum absolute atomic E-state index is 0.0952. The maximum absolute atomic E-state index is 12.6. The van der Waals surface area contributed by atoms with E-state index in [1.807, 2.05) is 43.3 Å². The largest absolute Gasteiger partial charge is 0.490 e. The molecule has 0 saturated heterocycles. The van der Waals surface area contributed by atoms with Gasteiger partial charge < -0.3 is 14.8 Å². The molecular formula is C25H19BrCl2N2O3. The molecule has 0 aliphatic rings. The van der Waals surface area contributed by atoms with Gasteiger partial charge in [0.2, 0.25) is 0 Å². The molecule has 0 heterocycles. The molecule has 0 atom stereocenters. The Kier molecular flexibility index (Phi) is 8.79. The minimum Gasteiger partial charge on any atom is -0.490 e. The molecule has 33 heavy (non-hydrogen) atoms. The molecule has 168 valence electrons. The van der Waals surface area contributed by atoms with Gasteiger partial charge in [0.1, 0.15) is 18.2 Å². The molecule has 3 rings (SSSR count). The van der Waals surface area contributed by atoms with E-state index in [0.717, 1.165) is 5.56 Å². The summed E-state index contributed by atoms with van der Waals surface area (Å²) < 4.78 is 12.3. The minimum atomic E-state index is -0.579. The van der Waals surface area contributed by atoms with Crippen molar-refractivity contribution in [3.05, 3.63) is 91.9 Å². The fraction of sp³-hybridized carbons (Fsp3) is 0.120. The Morgan fingerprint density at radius 3 is 2.45 bits per heavy atom. The molecule has 1 N–H and O–H groups in total. The highest BCUT2D eigenvalue weighted by atomic mass is 79.9. The fourth-order valence-corrected chi connectivity index (χ4v) is 3.59. The molecule has 3 aromatic rings. The summed E-state index contributed by atoms with van der Waals surface area (Å²) in [5, 5.41) is 12.9. The summed E-state index contributed by atoms with van der Waals surface area (Å²) >= 11 is 15.4. The maximum atomic E-state index is 12.6. The van der Waals surface area contributed by atoms with Crippen LogP contribution in [0.3, 0.4) is 0 Å². The van der Waals surface area contributed by atoms with Gasteiger partial charge in [-0.15, -0.1) is 0 Å². The van der Waals surface area contributed by atoms with Crippen LogP contribution in [-0.2, 0) is 11.4 Å². The summed E-state index contributed by atoms with van der Waals surface area (Å²) in [6.45, 7) is 2.66. The lowest BCUT2D eigenvalue weighted by Crippen LogP contribution is -2.13. The number of ether oxygens (including phenoxy) is 2. The van der Waals surface area contributed by atoms with Crippen molar-refractivity contribution in [2.24, 2.45) is 0 Å². The summed E-state index contributed by atoms with van der Waals surface area (Å²) in [7, 11) is 0. The topological polar surface area (TPSA) is 71.3 Å². The zero-order valence-corrected chi connectivity index (χ0v) is 20.7. The highest BCUT2D eigenvalue weighted by Gasteiger charge is 2.15.